The first-order valence-corrected chi connectivity index (χ1v) is 7.86. The van der Waals surface area contributed by atoms with Gasteiger partial charge in [0.05, 0.1) is 5.92 Å². The number of hydrogen-bond acceptors (Lipinski definition) is 3. The first-order valence-electron chi connectivity index (χ1n) is 6.81. The van der Waals surface area contributed by atoms with E-state index >= 15 is 0 Å². The zero-order valence-electron chi connectivity index (χ0n) is 10.9. The van der Waals surface area contributed by atoms with Gasteiger partial charge in [-0.05, 0) is 38.0 Å². The summed E-state index contributed by atoms with van der Waals surface area (Å²) in [5.74, 6) is 1.79. The zero-order chi connectivity index (χ0) is 12.3. The predicted octanol–water partition coefficient (Wildman–Crippen LogP) is 1.73. The molecule has 0 spiro atoms. The quantitative estimate of drug-likeness (QED) is 0.831. The van der Waals surface area contributed by atoms with Crippen LogP contribution < -0.4 is 5.32 Å². The van der Waals surface area contributed by atoms with E-state index in [-0.39, 0.29) is 5.92 Å². The molecular weight excluding hydrogens is 232 g/mol. The van der Waals surface area contributed by atoms with Gasteiger partial charge >= 0.3 is 0 Å². The van der Waals surface area contributed by atoms with E-state index in [1.165, 1.54) is 25.0 Å². The van der Waals surface area contributed by atoms with Crippen molar-refractivity contribution in [1.82, 2.24) is 10.2 Å². The number of thioether (sulfide) groups is 1. The van der Waals surface area contributed by atoms with E-state index in [0.717, 1.165) is 24.8 Å². The largest absolute Gasteiger partial charge is 0.342 e. The number of hydrogen-bond donors (Lipinski definition) is 1. The number of nitrogens with zero attached hydrogens (tertiary/aromatic N) is 1. The summed E-state index contributed by atoms with van der Waals surface area (Å²) in [6.07, 6.45) is 4.69. The third-order valence-corrected chi connectivity index (χ3v) is 5.30. The van der Waals surface area contributed by atoms with E-state index in [9.17, 15) is 4.79 Å². The lowest BCUT2D eigenvalue weighted by Crippen LogP contribution is -2.40. The Balaban J connectivity index is 1.83. The van der Waals surface area contributed by atoms with Gasteiger partial charge in [-0.25, -0.2) is 0 Å². The van der Waals surface area contributed by atoms with Crippen molar-refractivity contribution in [3.63, 3.8) is 0 Å². The number of amides is 1. The molecular formula is C13H24N2OS. The van der Waals surface area contributed by atoms with Gasteiger partial charge < -0.3 is 10.2 Å². The highest BCUT2D eigenvalue weighted by Crippen LogP contribution is 2.32. The summed E-state index contributed by atoms with van der Waals surface area (Å²) in [6.45, 7) is 4.10. The van der Waals surface area contributed by atoms with Crippen molar-refractivity contribution in [2.45, 2.75) is 43.9 Å². The molecule has 0 aromatic carbocycles. The molecule has 1 saturated carbocycles. The van der Waals surface area contributed by atoms with Crippen molar-refractivity contribution >= 4 is 17.7 Å². The molecule has 0 bridgehead atoms. The smallest absolute Gasteiger partial charge is 0.227 e. The Bertz CT molecular complexity index is 266. The predicted molar refractivity (Wildman–Crippen MR) is 73.3 cm³/mol. The molecule has 2 fully saturated rings. The third-order valence-electron chi connectivity index (χ3n) is 4.06. The molecule has 0 aromatic rings. The Kier molecular flexibility index (Phi) is 4.74. The van der Waals surface area contributed by atoms with Crippen molar-refractivity contribution in [2.24, 2.45) is 5.92 Å². The molecule has 98 valence electrons. The van der Waals surface area contributed by atoms with Gasteiger partial charge in [-0.1, -0.05) is 6.92 Å². The van der Waals surface area contributed by atoms with Crippen LogP contribution in [0.1, 0.15) is 32.6 Å². The molecule has 2 rings (SSSR count). The summed E-state index contributed by atoms with van der Waals surface area (Å²) < 4.78 is 0. The van der Waals surface area contributed by atoms with Gasteiger partial charge in [-0.15, -0.1) is 0 Å². The van der Waals surface area contributed by atoms with Gasteiger partial charge in [-0.2, -0.15) is 11.8 Å². The molecule has 3 nitrogen and oxygen atoms in total. The Hall–Kier alpha value is -0.220. The van der Waals surface area contributed by atoms with Crippen LogP contribution in [0.15, 0.2) is 0 Å². The van der Waals surface area contributed by atoms with E-state index < -0.39 is 0 Å². The number of carbonyl (C=O) groups excluding carboxylic acids is 1. The summed E-state index contributed by atoms with van der Waals surface area (Å²) in [5, 5.41) is 4.06. The molecule has 4 heteroatoms. The molecule has 0 radical (unpaired) electrons. The van der Waals surface area contributed by atoms with Crippen LogP contribution in [-0.2, 0) is 4.79 Å². The van der Waals surface area contributed by atoms with Crippen LogP contribution in [0.4, 0.5) is 0 Å². The van der Waals surface area contributed by atoms with Crippen molar-refractivity contribution in [1.29, 1.82) is 0 Å². The molecule has 3 unspecified atom stereocenters. The lowest BCUT2D eigenvalue weighted by atomic mass is 10.1. The van der Waals surface area contributed by atoms with Crippen LogP contribution in [0.25, 0.3) is 0 Å². The second kappa shape index (κ2) is 6.10. The van der Waals surface area contributed by atoms with Crippen LogP contribution in [0.5, 0.6) is 0 Å². The molecule has 1 saturated heterocycles. The van der Waals surface area contributed by atoms with E-state index in [2.05, 4.69) is 24.0 Å². The fourth-order valence-corrected chi connectivity index (χ4v) is 4.12. The van der Waals surface area contributed by atoms with Crippen LogP contribution in [0, 0.1) is 5.92 Å². The van der Waals surface area contributed by atoms with Crippen molar-refractivity contribution < 1.29 is 4.79 Å². The second-order valence-electron chi connectivity index (χ2n) is 5.18. The summed E-state index contributed by atoms with van der Waals surface area (Å²) in [5.41, 5.74) is 0. The standard InChI is InChI=1S/C13H24N2OS/c1-3-17-12-5-4-11(8-12)15(2)13(16)10-6-7-14-9-10/h10-12,14H,3-9H2,1-2H3. The Morgan fingerprint density at radius 3 is 2.88 bits per heavy atom. The van der Waals surface area contributed by atoms with Gasteiger partial charge in [0.2, 0.25) is 5.91 Å². The number of rotatable bonds is 4. The molecule has 1 amide bonds. The molecule has 3 atom stereocenters. The first kappa shape index (κ1) is 13.2. The van der Waals surface area contributed by atoms with Gasteiger partial charge in [0.25, 0.3) is 0 Å². The summed E-state index contributed by atoms with van der Waals surface area (Å²) >= 11 is 2.05. The highest BCUT2D eigenvalue weighted by atomic mass is 32.2. The molecule has 1 N–H and O–H groups in total. The highest BCUT2D eigenvalue weighted by Gasteiger charge is 2.33. The van der Waals surface area contributed by atoms with Gasteiger partial charge in [0.15, 0.2) is 0 Å². The maximum Gasteiger partial charge on any atom is 0.227 e. The molecule has 0 aromatic heterocycles. The van der Waals surface area contributed by atoms with Crippen molar-refractivity contribution in [3.8, 4) is 0 Å². The SMILES string of the molecule is CCSC1CCC(N(C)C(=O)C2CCNC2)C1. The van der Waals surface area contributed by atoms with E-state index in [1.807, 2.05) is 11.9 Å². The van der Waals surface area contributed by atoms with E-state index in [4.69, 9.17) is 0 Å². The monoisotopic (exact) mass is 256 g/mol. The first-order chi connectivity index (χ1) is 8.22. The lowest BCUT2D eigenvalue weighted by molar-refractivity contribution is -0.135. The van der Waals surface area contributed by atoms with Crippen molar-refractivity contribution in [3.05, 3.63) is 0 Å². The minimum atomic E-state index is 0.234. The average molecular weight is 256 g/mol. The maximum atomic E-state index is 12.3. The van der Waals surface area contributed by atoms with Gasteiger partial charge in [-0.3, -0.25) is 4.79 Å². The number of nitrogens with one attached hydrogen (secondary N) is 1. The zero-order valence-corrected chi connectivity index (χ0v) is 11.8. The molecule has 1 aliphatic heterocycles. The van der Waals surface area contributed by atoms with Crippen LogP contribution in [-0.4, -0.2) is 48.0 Å². The topological polar surface area (TPSA) is 32.3 Å². The molecule has 1 aliphatic carbocycles. The molecule has 1 heterocycles. The fraction of sp³-hybridized carbons (Fsp3) is 0.923. The Labute approximate surface area is 109 Å². The average Bonchev–Trinajstić information content (AvgIpc) is 2.98. The normalized spacial score (nSPS) is 32.9. The second-order valence-corrected chi connectivity index (χ2v) is 6.76. The van der Waals surface area contributed by atoms with E-state index in [0.29, 0.717) is 11.9 Å². The van der Waals surface area contributed by atoms with Gasteiger partial charge in [0.1, 0.15) is 0 Å². The molecule has 17 heavy (non-hydrogen) atoms. The van der Waals surface area contributed by atoms with E-state index in [1.54, 1.807) is 0 Å². The third kappa shape index (κ3) is 3.16. The minimum absolute atomic E-state index is 0.234. The summed E-state index contributed by atoms with van der Waals surface area (Å²) in [4.78, 5) is 14.3. The van der Waals surface area contributed by atoms with Gasteiger partial charge in [0, 0.05) is 24.9 Å². The molecule has 2 aliphatic rings. The summed E-state index contributed by atoms with van der Waals surface area (Å²) in [7, 11) is 2.00. The maximum absolute atomic E-state index is 12.3. The Morgan fingerprint density at radius 1 is 1.41 bits per heavy atom. The minimum Gasteiger partial charge on any atom is -0.342 e. The van der Waals surface area contributed by atoms with Crippen LogP contribution in [0.3, 0.4) is 0 Å². The summed E-state index contributed by atoms with van der Waals surface area (Å²) in [6, 6.07) is 0.493. The highest BCUT2D eigenvalue weighted by molar-refractivity contribution is 7.99. The lowest BCUT2D eigenvalue weighted by Gasteiger charge is -2.27. The van der Waals surface area contributed by atoms with Crippen LogP contribution in [0.2, 0.25) is 0 Å². The van der Waals surface area contributed by atoms with Crippen molar-refractivity contribution in [2.75, 3.05) is 25.9 Å². The van der Waals surface area contributed by atoms with Crippen LogP contribution >= 0.6 is 11.8 Å². The Morgan fingerprint density at radius 2 is 2.24 bits per heavy atom. The fourth-order valence-electron chi connectivity index (χ4n) is 2.99. The number of carbonyl (C=O) groups is 1.